The van der Waals surface area contributed by atoms with Gasteiger partial charge in [0.1, 0.15) is 11.5 Å². The fourth-order valence-corrected chi connectivity index (χ4v) is 2.27. The molecule has 0 atom stereocenters. The zero-order chi connectivity index (χ0) is 14.8. The minimum atomic E-state index is -4.51. The number of carbonyl (C=O) groups is 1. The normalized spacial score (nSPS) is 11.5. The molecule has 0 fully saturated rings. The maximum Gasteiger partial charge on any atom is 0.446 e. The Morgan fingerprint density at radius 1 is 1.15 bits per heavy atom. The van der Waals surface area contributed by atoms with Gasteiger partial charge in [-0.1, -0.05) is 24.3 Å². The molecular weight excluding hydrogens is 280 g/mol. The van der Waals surface area contributed by atoms with Gasteiger partial charge in [0, 0.05) is 6.42 Å². The van der Waals surface area contributed by atoms with Crippen molar-refractivity contribution in [3.63, 3.8) is 0 Å². The van der Waals surface area contributed by atoms with E-state index in [1.165, 1.54) is 12.1 Å². The SMILES string of the molecule is CC(=O)CCc1ccc2cc(OS(=O)(=O)O)ccc2c1. The van der Waals surface area contributed by atoms with Crippen LogP contribution in [0.15, 0.2) is 36.4 Å². The number of Topliss-reactive ketones (excluding diaryl/α,β-unsaturated/α-hetero) is 1. The molecule has 1 N–H and O–H groups in total. The molecular formula is C14H14O5S. The van der Waals surface area contributed by atoms with E-state index in [1.807, 2.05) is 18.2 Å². The highest BCUT2D eigenvalue weighted by atomic mass is 32.3. The third-order valence-electron chi connectivity index (χ3n) is 2.84. The van der Waals surface area contributed by atoms with E-state index in [-0.39, 0.29) is 11.5 Å². The van der Waals surface area contributed by atoms with Crippen LogP contribution in [0.1, 0.15) is 18.9 Å². The lowest BCUT2D eigenvalue weighted by atomic mass is 10.0. The number of benzene rings is 2. The Balaban J connectivity index is 2.27. The Kier molecular flexibility index (Phi) is 4.06. The molecule has 6 heteroatoms. The highest BCUT2D eigenvalue weighted by Crippen LogP contribution is 2.23. The molecule has 0 unspecified atom stereocenters. The minimum Gasteiger partial charge on any atom is -0.362 e. The van der Waals surface area contributed by atoms with Crippen molar-refractivity contribution in [2.24, 2.45) is 0 Å². The van der Waals surface area contributed by atoms with Crippen LogP contribution < -0.4 is 4.18 Å². The minimum absolute atomic E-state index is 0.0523. The topological polar surface area (TPSA) is 80.7 Å². The Labute approximate surface area is 117 Å². The van der Waals surface area contributed by atoms with Gasteiger partial charge >= 0.3 is 10.4 Å². The van der Waals surface area contributed by atoms with Crippen molar-refractivity contribution in [1.29, 1.82) is 0 Å². The Hall–Kier alpha value is -1.92. The molecule has 0 bridgehead atoms. The van der Waals surface area contributed by atoms with Crippen LogP contribution in [0.5, 0.6) is 5.75 Å². The molecule has 20 heavy (non-hydrogen) atoms. The molecule has 0 radical (unpaired) electrons. The number of carbonyl (C=O) groups excluding carboxylic acids is 1. The lowest BCUT2D eigenvalue weighted by molar-refractivity contribution is -0.116. The molecule has 0 aromatic heterocycles. The highest BCUT2D eigenvalue weighted by Gasteiger charge is 2.07. The molecule has 0 amide bonds. The summed E-state index contributed by atoms with van der Waals surface area (Å²) < 4.78 is 34.3. The van der Waals surface area contributed by atoms with Crippen molar-refractivity contribution >= 4 is 27.0 Å². The molecule has 0 heterocycles. The van der Waals surface area contributed by atoms with Gasteiger partial charge < -0.3 is 8.98 Å². The van der Waals surface area contributed by atoms with Gasteiger partial charge in [-0.15, -0.1) is 0 Å². The number of aryl methyl sites for hydroxylation is 1. The zero-order valence-corrected chi connectivity index (χ0v) is 11.7. The fourth-order valence-electron chi connectivity index (χ4n) is 1.92. The molecule has 0 aliphatic carbocycles. The van der Waals surface area contributed by atoms with Crippen LogP contribution in [0.3, 0.4) is 0 Å². The number of ketones is 1. The van der Waals surface area contributed by atoms with Gasteiger partial charge in [-0.05, 0) is 41.8 Å². The highest BCUT2D eigenvalue weighted by molar-refractivity contribution is 7.81. The van der Waals surface area contributed by atoms with Crippen LogP contribution in [0, 0.1) is 0 Å². The van der Waals surface area contributed by atoms with Gasteiger partial charge in [0.25, 0.3) is 0 Å². The third-order valence-corrected chi connectivity index (χ3v) is 3.25. The second-order valence-corrected chi connectivity index (χ2v) is 5.58. The summed E-state index contributed by atoms with van der Waals surface area (Å²) in [4.78, 5) is 11.0. The number of hydrogen-bond acceptors (Lipinski definition) is 4. The van der Waals surface area contributed by atoms with Crippen LogP contribution in [-0.4, -0.2) is 18.8 Å². The van der Waals surface area contributed by atoms with Crippen molar-refractivity contribution < 1.29 is 21.9 Å². The molecule has 0 saturated carbocycles. The van der Waals surface area contributed by atoms with Gasteiger partial charge in [0.2, 0.25) is 0 Å². The van der Waals surface area contributed by atoms with E-state index in [0.717, 1.165) is 16.3 Å². The summed E-state index contributed by atoms with van der Waals surface area (Å²) in [7, 11) is -4.51. The largest absolute Gasteiger partial charge is 0.446 e. The van der Waals surface area contributed by atoms with E-state index in [0.29, 0.717) is 12.8 Å². The number of rotatable bonds is 5. The summed E-state index contributed by atoms with van der Waals surface area (Å²) in [5.41, 5.74) is 1.04. The van der Waals surface area contributed by atoms with Crippen molar-refractivity contribution in [3.05, 3.63) is 42.0 Å². The first kappa shape index (κ1) is 14.5. The van der Waals surface area contributed by atoms with E-state index in [4.69, 9.17) is 4.55 Å². The summed E-state index contributed by atoms with van der Waals surface area (Å²) in [5, 5.41) is 1.70. The lowest BCUT2D eigenvalue weighted by Crippen LogP contribution is -2.06. The molecule has 2 aromatic rings. The van der Waals surface area contributed by atoms with E-state index < -0.39 is 10.4 Å². The van der Waals surface area contributed by atoms with Crippen molar-refractivity contribution in [2.45, 2.75) is 19.8 Å². The maximum absolute atomic E-state index is 11.0. The summed E-state index contributed by atoms with van der Waals surface area (Å²) >= 11 is 0. The lowest BCUT2D eigenvalue weighted by Gasteiger charge is -2.05. The maximum atomic E-state index is 11.0. The molecule has 2 aromatic carbocycles. The van der Waals surface area contributed by atoms with Crippen molar-refractivity contribution in [2.75, 3.05) is 0 Å². The second kappa shape index (κ2) is 5.60. The van der Waals surface area contributed by atoms with Gasteiger partial charge in [-0.25, -0.2) is 0 Å². The van der Waals surface area contributed by atoms with E-state index in [9.17, 15) is 13.2 Å². The summed E-state index contributed by atoms with van der Waals surface area (Å²) in [6.07, 6.45) is 1.17. The monoisotopic (exact) mass is 294 g/mol. The van der Waals surface area contributed by atoms with Crippen LogP contribution in [0.4, 0.5) is 0 Å². The molecule has 0 saturated heterocycles. The summed E-state index contributed by atoms with van der Waals surface area (Å²) in [6, 6.07) is 10.3. The smallest absolute Gasteiger partial charge is 0.362 e. The average molecular weight is 294 g/mol. The van der Waals surface area contributed by atoms with Gasteiger partial charge in [0.15, 0.2) is 0 Å². The van der Waals surface area contributed by atoms with Crippen LogP contribution in [0.25, 0.3) is 10.8 Å². The first-order valence-electron chi connectivity index (χ1n) is 6.02. The quantitative estimate of drug-likeness (QED) is 0.857. The van der Waals surface area contributed by atoms with Crippen molar-refractivity contribution in [3.8, 4) is 5.75 Å². The van der Waals surface area contributed by atoms with Gasteiger partial charge in [0.05, 0.1) is 0 Å². The standard InChI is InChI=1S/C14H14O5S/c1-10(15)2-3-11-4-5-13-9-14(19-20(16,17)18)7-6-12(13)8-11/h4-9H,2-3H2,1H3,(H,16,17,18). The van der Waals surface area contributed by atoms with Crippen LogP contribution in [-0.2, 0) is 21.6 Å². The first-order valence-corrected chi connectivity index (χ1v) is 7.39. The Bertz CT molecular complexity index is 749. The van der Waals surface area contributed by atoms with E-state index in [2.05, 4.69) is 4.18 Å². The van der Waals surface area contributed by atoms with E-state index >= 15 is 0 Å². The predicted octanol–water partition coefficient (Wildman–Crippen LogP) is 2.54. The predicted molar refractivity (Wildman–Crippen MR) is 75.1 cm³/mol. The molecule has 0 aliphatic heterocycles. The number of hydrogen-bond donors (Lipinski definition) is 1. The van der Waals surface area contributed by atoms with Crippen LogP contribution in [0.2, 0.25) is 0 Å². The van der Waals surface area contributed by atoms with E-state index in [1.54, 1.807) is 13.0 Å². The third kappa shape index (κ3) is 4.04. The molecule has 5 nitrogen and oxygen atoms in total. The molecule has 0 aliphatic rings. The van der Waals surface area contributed by atoms with Crippen molar-refractivity contribution in [1.82, 2.24) is 0 Å². The number of fused-ring (bicyclic) bond motifs is 1. The van der Waals surface area contributed by atoms with Crippen LogP contribution >= 0.6 is 0 Å². The zero-order valence-electron chi connectivity index (χ0n) is 10.9. The summed E-state index contributed by atoms with van der Waals surface area (Å²) in [5.74, 6) is 0.193. The van der Waals surface area contributed by atoms with Gasteiger partial charge in [-0.3, -0.25) is 4.55 Å². The fraction of sp³-hybridized carbons (Fsp3) is 0.214. The Morgan fingerprint density at radius 3 is 2.45 bits per heavy atom. The average Bonchev–Trinajstić information content (AvgIpc) is 2.34. The van der Waals surface area contributed by atoms with Gasteiger partial charge in [-0.2, -0.15) is 8.42 Å². The Morgan fingerprint density at radius 2 is 1.80 bits per heavy atom. The first-order chi connectivity index (χ1) is 9.33. The molecule has 2 rings (SSSR count). The summed E-state index contributed by atoms with van der Waals surface area (Å²) in [6.45, 7) is 1.56. The molecule has 0 spiro atoms. The second-order valence-electron chi connectivity index (χ2n) is 4.56. The molecule has 106 valence electrons.